The Bertz CT molecular complexity index is 671. The molecule has 0 saturated heterocycles. The lowest BCUT2D eigenvalue weighted by atomic mass is 10.2. The van der Waals surface area contributed by atoms with Crippen molar-refractivity contribution in [3.05, 3.63) is 47.0 Å². The van der Waals surface area contributed by atoms with Gasteiger partial charge in [-0.2, -0.15) is 0 Å². The predicted molar refractivity (Wildman–Crippen MR) is 118 cm³/mol. The van der Waals surface area contributed by atoms with Crippen LogP contribution in [0.1, 0.15) is 31.7 Å². The molecule has 1 N–H and O–H groups in total. The smallest absolute Gasteiger partial charge is 0.194 e. The van der Waals surface area contributed by atoms with Gasteiger partial charge in [-0.25, -0.2) is 0 Å². The average Bonchev–Trinajstić information content (AvgIpc) is 3.07. The van der Waals surface area contributed by atoms with Crippen LogP contribution in [-0.4, -0.2) is 45.8 Å². The number of halogens is 2. The summed E-state index contributed by atoms with van der Waals surface area (Å²) < 4.78 is 2.07. The molecular weight excluding hydrogens is 463 g/mol. The number of rotatable bonds is 8. The van der Waals surface area contributed by atoms with Gasteiger partial charge in [0, 0.05) is 44.7 Å². The molecule has 0 unspecified atom stereocenters. The maximum Gasteiger partial charge on any atom is 0.194 e. The molecular formula is C18H28ClIN6. The second-order valence-corrected chi connectivity index (χ2v) is 6.35. The summed E-state index contributed by atoms with van der Waals surface area (Å²) in [7, 11) is 2.05. The van der Waals surface area contributed by atoms with Crippen molar-refractivity contribution in [1.29, 1.82) is 0 Å². The van der Waals surface area contributed by atoms with Gasteiger partial charge in [0.1, 0.15) is 12.2 Å². The Balaban J connectivity index is 0.00000338. The van der Waals surface area contributed by atoms with Crippen LogP contribution in [0, 0.1) is 0 Å². The highest BCUT2D eigenvalue weighted by atomic mass is 127. The van der Waals surface area contributed by atoms with Crippen molar-refractivity contribution < 1.29 is 0 Å². The van der Waals surface area contributed by atoms with Gasteiger partial charge < -0.3 is 14.8 Å². The van der Waals surface area contributed by atoms with Crippen LogP contribution in [0.4, 0.5) is 0 Å². The monoisotopic (exact) mass is 490 g/mol. The van der Waals surface area contributed by atoms with Crippen LogP contribution < -0.4 is 5.32 Å². The molecule has 26 heavy (non-hydrogen) atoms. The molecule has 0 atom stereocenters. The Kier molecular flexibility index (Phi) is 10.6. The van der Waals surface area contributed by atoms with Crippen molar-refractivity contribution in [3.63, 3.8) is 0 Å². The second-order valence-electron chi connectivity index (χ2n) is 5.91. The molecule has 0 bridgehead atoms. The summed E-state index contributed by atoms with van der Waals surface area (Å²) in [5, 5.41) is 12.3. The SMILES string of the molecule is CCCN=C(NCCn1cnnc1CC)N(C)Cc1ccc(Cl)cc1.I. The minimum absolute atomic E-state index is 0. The van der Waals surface area contributed by atoms with Crippen LogP contribution in [0.15, 0.2) is 35.6 Å². The number of hydrogen-bond acceptors (Lipinski definition) is 3. The number of nitrogens with zero attached hydrogens (tertiary/aromatic N) is 5. The zero-order chi connectivity index (χ0) is 18.1. The van der Waals surface area contributed by atoms with Crippen molar-refractivity contribution in [2.75, 3.05) is 20.1 Å². The van der Waals surface area contributed by atoms with E-state index in [2.05, 4.69) is 43.8 Å². The first kappa shape index (κ1) is 22.7. The van der Waals surface area contributed by atoms with Gasteiger partial charge in [-0.1, -0.05) is 37.6 Å². The van der Waals surface area contributed by atoms with Gasteiger partial charge in [0.25, 0.3) is 0 Å². The molecule has 6 nitrogen and oxygen atoms in total. The van der Waals surface area contributed by atoms with E-state index >= 15 is 0 Å². The van der Waals surface area contributed by atoms with Crippen LogP contribution in [0.25, 0.3) is 0 Å². The van der Waals surface area contributed by atoms with E-state index in [4.69, 9.17) is 11.6 Å². The molecule has 0 aliphatic rings. The third-order valence-electron chi connectivity index (χ3n) is 3.83. The largest absolute Gasteiger partial charge is 0.354 e. The van der Waals surface area contributed by atoms with Crippen LogP contribution in [-0.2, 0) is 19.5 Å². The normalized spacial score (nSPS) is 11.2. The van der Waals surface area contributed by atoms with E-state index in [9.17, 15) is 0 Å². The molecule has 0 radical (unpaired) electrons. The zero-order valence-electron chi connectivity index (χ0n) is 15.7. The van der Waals surface area contributed by atoms with E-state index < -0.39 is 0 Å². The lowest BCUT2D eigenvalue weighted by Crippen LogP contribution is -2.40. The van der Waals surface area contributed by atoms with Gasteiger partial charge in [0.15, 0.2) is 5.96 Å². The summed E-state index contributed by atoms with van der Waals surface area (Å²) in [6, 6.07) is 7.92. The van der Waals surface area contributed by atoms with Gasteiger partial charge in [-0.05, 0) is 24.1 Å². The van der Waals surface area contributed by atoms with Crippen molar-refractivity contribution >= 4 is 41.5 Å². The first-order chi connectivity index (χ1) is 12.1. The van der Waals surface area contributed by atoms with E-state index in [0.717, 1.165) is 55.8 Å². The highest BCUT2D eigenvalue weighted by molar-refractivity contribution is 14.0. The number of hydrogen-bond donors (Lipinski definition) is 1. The number of nitrogens with one attached hydrogen (secondary N) is 1. The third-order valence-corrected chi connectivity index (χ3v) is 4.08. The number of aryl methyl sites for hydroxylation is 1. The number of aromatic nitrogens is 3. The van der Waals surface area contributed by atoms with Gasteiger partial charge in [-0.15, -0.1) is 34.2 Å². The lowest BCUT2D eigenvalue weighted by Gasteiger charge is -2.23. The summed E-state index contributed by atoms with van der Waals surface area (Å²) in [5.41, 5.74) is 1.20. The molecule has 2 rings (SSSR count). The Hall–Kier alpha value is -1.35. The van der Waals surface area contributed by atoms with Crippen LogP contribution in [0.3, 0.4) is 0 Å². The lowest BCUT2D eigenvalue weighted by molar-refractivity contribution is 0.470. The van der Waals surface area contributed by atoms with E-state index in [0.29, 0.717) is 0 Å². The fraction of sp³-hybridized carbons (Fsp3) is 0.500. The van der Waals surface area contributed by atoms with Crippen molar-refractivity contribution in [1.82, 2.24) is 25.0 Å². The topological polar surface area (TPSA) is 58.3 Å². The van der Waals surface area contributed by atoms with Gasteiger partial charge in [0.05, 0.1) is 0 Å². The second kappa shape index (κ2) is 12.1. The Morgan fingerprint density at radius 3 is 2.65 bits per heavy atom. The summed E-state index contributed by atoms with van der Waals surface area (Å²) in [4.78, 5) is 6.81. The molecule has 0 fully saturated rings. The van der Waals surface area contributed by atoms with Crippen molar-refractivity contribution in [3.8, 4) is 0 Å². The van der Waals surface area contributed by atoms with Gasteiger partial charge in [0.2, 0.25) is 0 Å². The predicted octanol–water partition coefficient (Wildman–Crippen LogP) is 3.60. The number of benzene rings is 1. The molecule has 2 aromatic rings. The first-order valence-electron chi connectivity index (χ1n) is 8.74. The number of guanidine groups is 1. The minimum Gasteiger partial charge on any atom is -0.354 e. The molecule has 0 saturated carbocycles. The van der Waals surface area contributed by atoms with Crippen molar-refractivity contribution in [2.45, 2.75) is 39.8 Å². The highest BCUT2D eigenvalue weighted by Gasteiger charge is 2.08. The van der Waals surface area contributed by atoms with E-state index in [1.54, 1.807) is 6.33 Å². The fourth-order valence-electron chi connectivity index (χ4n) is 2.50. The van der Waals surface area contributed by atoms with E-state index in [1.807, 2.05) is 31.3 Å². The summed E-state index contributed by atoms with van der Waals surface area (Å²) in [6.45, 7) is 7.39. The van der Waals surface area contributed by atoms with Crippen LogP contribution in [0.5, 0.6) is 0 Å². The van der Waals surface area contributed by atoms with Gasteiger partial charge >= 0.3 is 0 Å². The minimum atomic E-state index is 0. The number of aliphatic imine (C=N–C) groups is 1. The zero-order valence-corrected chi connectivity index (χ0v) is 18.7. The Labute approximate surface area is 178 Å². The maximum absolute atomic E-state index is 5.96. The Morgan fingerprint density at radius 1 is 1.27 bits per heavy atom. The van der Waals surface area contributed by atoms with Crippen LogP contribution >= 0.6 is 35.6 Å². The van der Waals surface area contributed by atoms with Crippen LogP contribution in [0.2, 0.25) is 5.02 Å². The standard InChI is InChI=1S/C18H27ClN6.HI/c1-4-10-20-18(21-11-12-25-14-22-23-17(25)5-2)24(3)13-15-6-8-16(19)9-7-15;/h6-9,14H,4-5,10-13H2,1-3H3,(H,20,21);1H. The van der Waals surface area contributed by atoms with Gasteiger partial charge in [-0.3, -0.25) is 4.99 Å². The summed E-state index contributed by atoms with van der Waals surface area (Å²) in [6.07, 6.45) is 3.68. The molecule has 0 spiro atoms. The van der Waals surface area contributed by atoms with E-state index in [1.165, 1.54) is 5.56 Å². The highest BCUT2D eigenvalue weighted by Crippen LogP contribution is 2.11. The molecule has 1 aromatic heterocycles. The molecule has 8 heteroatoms. The fourth-order valence-corrected chi connectivity index (χ4v) is 2.62. The molecule has 144 valence electrons. The van der Waals surface area contributed by atoms with E-state index in [-0.39, 0.29) is 24.0 Å². The molecule has 0 aliphatic heterocycles. The first-order valence-corrected chi connectivity index (χ1v) is 9.12. The third kappa shape index (κ3) is 7.11. The summed E-state index contributed by atoms with van der Waals surface area (Å²) in [5.74, 6) is 1.91. The molecule has 1 heterocycles. The molecule has 0 aliphatic carbocycles. The molecule has 1 aromatic carbocycles. The maximum atomic E-state index is 5.96. The molecule has 0 amide bonds. The average molecular weight is 491 g/mol. The quantitative estimate of drug-likeness (QED) is 0.349. The Morgan fingerprint density at radius 2 is 2.00 bits per heavy atom. The summed E-state index contributed by atoms with van der Waals surface area (Å²) >= 11 is 5.96. The van der Waals surface area contributed by atoms with Crippen molar-refractivity contribution in [2.24, 2.45) is 4.99 Å².